The van der Waals surface area contributed by atoms with E-state index in [-0.39, 0.29) is 5.48 Å². The molecule has 5 heteroatoms. The van der Waals surface area contributed by atoms with Crippen LogP contribution in [-0.4, -0.2) is 16.9 Å². The van der Waals surface area contributed by atoms with Gasteiger partial charge in [-0.05, 0) is 48.6 Å². The second-order valence-corrected chi connectivity index (χ2v) is 3.24. The summed E-state index contributed by atoms with van der Waals surface area (Å²) in [6, 6.07) is 7.09. The standard InChI is InChI=1S/C6H8N2.C6H6N2.H2O/c2*7-5-1-2-6(8)4-3-5;/h1-4H,7-8H2;1-4,7-8H;1H2. The molecule has 1 aromatic rings. The van der Waals surface area contributed by atoms with Gasteiger partial charge in [-0.25, -0.2) is 0 Å². The third-order valence-corrected chi connectivity index (χ3v) is 1.82. The largest absolute Gasteiger partial charge is 0.412 e. The lowest BCUT2D eigenvalue weighted by atomic mass is 10.2. The first-order valence-corrected chi connectivity index (χ1v) is 4.72. The third-order valence-electron chi connectivity index (χ3n) is 1.82. The number of hydrogen-bond acceptors (Lipinski definition) is 4. The lowest BCUT2D eigenvalue weighted by Crippen LogP contribution is -1.95. The maximum absolute atomic E-state index is 7.01. The third kappa shape index (κ3) is 5.91. The SMILES string of the molecule is N=C1C=CC(=N)C=C1.Nc1ccc(N)cc1.O. The molecular formula is C12H16N4O. The van der Waals surface area contributed by atoms with Gasteiger partial charge in [-0.2, -0.15) is 0 Å². The van der Waals surface area contributed by atoms with Gasteiger partial charge >= 0.3 is 0 Å². The molecule has 8 N–H and O–H groups in total. The van der Waals surface area contributed by atoms with Crippen LogP contribution in [0.5, 0.6) is 0 Å². The van der Waals surface area contributed by atoms with Gasteiger partial charge in [-0.3, -0.25) is 0 Å². The maximum atomic E-state index is 7.01. The number of hydrogen-bond donors (Lipinski definition) is 4. The molecule has 0 fully saturated rings. The molecule has 1 aromatic carbocycles. The van der Waals surface area contributed by atoms with Crippen molar-refractivity contribution in [1.29, 1.82) is 10.8 Å². The molecule has 0 spiro atoms. The average Bonchev–Trinajstić information content (AvgIpc) is 2.28. The second-order valence-electron chi connectivity index (χ2n) is 3.24. The zero-order chi connectivity index (χ0) is 12.0. The first-order valence-electron chi connectivity index (χ1n) is 4.72. The highest BCUT2D eigenvalue weighted by Crippen LogP contribution is 2.04. The van der Waals surface area contributed by atoms with E-state index in [0.29, 0.717) is 11.4 Å². The number of anilines is 2. The fourth-order valence-corrected chi connectivity index (χ4v) is 0.966. The van der Waals surface area contributed by atoms with Gasteiger partial charge in [-0.1, -0.05) is 0 Å². The summed E-state index contributed by atoms with van der Waals surface area (Å²) in [5.41, 5.74) is 13.2. The predicted octanol–water partition coefficient (Wildman–Crippen LogP) is 1.18. The highest BCUT2D eigenvalue weighted by Gasteiger charge is 1.91. The fourth-order valence-electron chi connectivity index (χ4n) is 0.966. The van der Waals surface area contributed by atoms with Gasteiger partial charge in [0.2, 0.25) is 0 Å². The van der Waals surface area contributed by atoms with Gasteiger partial charge in [0, 0.05) is 11.4 Å². The zero-order valence-electron chi connectivity index (χ0n) is 9.27. The smallest absolute Gasteiger partial charge is 0.0541 e. The maximum Gasteiger partial charge on any atom is 0.0541 e. The van der Waals surface area contributed by atoms with Gasteiger partial charge < -0.3 is 27.8 Å². The molecule has 0 aromatic heterocycles. The summed E-state index contributed by atoms with van der Waals surface area (Å²) in [6.07, 6.45) is 6.40. The molecule has 5 nitrogen and oxygen atoms in total. The Kier molecular flexibility index (Phi) is 5.99. The molecule has 1 aliphatic rings. The Morgan fingerprint density at radius 2 is 0.882 bits per heavy atom. The van der Waals surface area contributed by atoms with Crippen LogP contribution in [0.3, 0.4) is 0 Å². The summed E-state index contributed by atoms with van der Waals surface area (Å²) >= 11 is 0. The van der Waals surface area contributed by atoms with Crippen LogP contribution in [0, 0.1) is 10.8 Å². The van der Waals surface area contributed by atoms with Crippen LogP contribution in [0.1, 0.15) is 0 Å². The minimum absolute atomic E-state index is 0. The zero-order valence-corrected chi connectivity index (χ0v) is 9.27. The normalized spacial score (nSPS) is 12.5. The van der Waals surface area contributed by atoms with Crippen LogP contribution in [0.4, 0.5) is 11.4 Å². The summed E-state index contributed by atoms with van der Waals surface area (Å²) in [7, 11) is 0. The molecular weight excluding hydrogens is 216 g/mol. The van der Waals surface area contributed by atoms with Gasteiger partial charge in [-0.15, -0.1) is 0 Å². The Morgan fingerprint density at radius 3 is 1.12 bits per heavy atom. The van der Waals surface area contributed by atoms with Crippen molar-refractivity contribution in [3.63, 3.8) is 0 Å². The monoisotopic (exact) mass is 232 g/mol. The van der Waals surface area contributed by atoms with Crippen LogP contribution in [0.2, 0.25) is 0 Å². The van der Waals surface area contributed by atoms with E-state index in [2.05, 4.69) is 0 Å². The van der Waals surface area contributed by atoms with Crippen LogP contribution in [-0.2, 0) is 0 Å². The number of nitrogen functional groups attached to an aromatic ring is 2. The molecule has 0 unspecified atom stereocenters. The van der Waals surface area contributed by atoms with Crippen molar-refractivity contribution < 1.29 is 5.48 Å². The fraction of sp³-hybridized carbons (Fsp3) is 0. The molecule has 0 bridgehead atoms. The molecule has 17 heavy (non-hydrogen) atoms. The van der Waals surface area contributed by atoms with Crippen molar-refractivity contribution in [1.82, 2.24) is 0 Å². The minimum atomic E-state index is 0. The lowest BCUT2D eigenvalue weighted by Gasteiger charge is -1.93. The van der Waals surface area contributed by atoms with E-state index in [4.69, 9.17) is 22.3 Å². The number of benzene rings is 1. The highest BCUT2D eigenvalue weighted by molar-refractivity contribution is 6.16. The highest BCUT2D eigenvalue weighted by atomic mass is 16.0. The van der Waals surface area contributed by atoms with E-state index < -0.39 is 0 Å². The minimum Gasteiger partial charge on any atom is -0.412 e. The van der Waals surface area contributed by atoms with Crippen molar-refractivity contribution in [2.24, 2.45) is 0 Å². The summed E-state index contributed by atoms with van der Waals surface area (Å²) in [6.45, 7) is 0. The first kappa shape index (κ1) is 14.6. The molecule has 0 heterocycles. The molecule has 1 aliphatic carbocycles. The number of rotatable bonds is 0. The number of nitrogens with one attached hydrogen (secondary N) is 2. The number of nitrogens with two attached hydrogens (primary N) is 2. The van der Waals surface area contributed by atoms with Gasteiger partial charge in [0.15, 0.2) is 0 Å². The van der Waals surface area contributed by atoms with Gasteiger partial charge in [0.25, 0.3) is 0 Å². The van der Waals surface area contributed by atoms with E-state index in [1.54, 1.807) is 48.6 Å². The van der Waals surface area contributed by atoms with E-state index in [1.807, 2.05) is 0 Å². The molecule has 0 aliphatic heterocycles. The van der Waals surface area contributed by atoms with Gasteiger partial charge in [0.1, 0.15) is 0 Å². The van der Waals surface area contributed by atoms with Crippen LogP contribution in [0.15, 0.2) is 48.6 Å². The van der Waals surface area contributed by atoms with Crippen molar-refractivity contribution in [3.8, 4) is 0 Å². The molecule has 0 radical (unpaired) electrons. The predicted molar refractivity (Wildman–Crippen MR) is 72.6 cm³/mol. The Morgan fingerprint density at radius 1 is 0.647 bits per heavy atom. The Labute approximate surface area is 99.8 Å². The summed E-state index contributed by atoms with van der Waals surface area (Å²) < 4.78 is 0. The van der Waals surface area contributed by atoms with Crippen molar-refractivity contribution >= 4 is 22.8 Å². The Bertz CT molecular complexity index is 387. The molecule has 2 rings (SSSR count). The average molecular weight is 232 g/mol. The lowest BCUT2D eigenvalue weighted by molar-refractivity contribution is 0.824. The Hall–Kier alpha value is -2.40. The topological polar surface area (TPSA) is 131 Å². The van der Waals surface area contributed by atoms with E-state index in [1.165, 1.54) is 0 Å². The van der Waals surface area contributed by atoms with E-state index in [0.717, 1.165) is 11.4 Å². The second kappa shape index (κ2) is 6.97. The summed E-state index contributed by atoms with van der Waals surface area (Å²) in [4.78, 5) is 0. The molecule has 90 valence electrons. The van der Waals surface area contributed by atoms with Crippen LogP contribution < -0.4 is 11.5 Å². The Balaban J connectivity index is 0.000000284. The molecule has 0 saturated carbocycles. The first-order chi connectivity index (χ1) is 7.58. The molecule has 0 saturated heterocycles. The van der Waals surface area contributed by atoms with E-state index >= 15 is 0 Å². The van der Waals surface area contributed by atoms with Gasteiger partial charge in [0.05, 0.1) is 11.4 Å². The van der Waals surface area contributed by atoms with Crippen LogP contribution >= 0.6 is 0 Å². The van der Waals surface area contributed by atoms with Crippen LogP contribution in [0.25, 0.3) is 0 Å². The molecule has 0 atom stereocenters. The van der Waals surface area contributed by atoms with Crippen molar-refractivity contribution in [3.05, 3.63) is 48.6 Å². The summed E-state index contributed by atoms with van der Waals surface area (Å²) in [5.74, 6) is 0. The van der Waals surface area contributed by atoms with E-state index in [9.17, 15) is 0 Å². The van der Waals surface area contributed by atoms with Crippen molar-refractivity contribution in [2.45, 2.75) is 0 Å². The summed E-state index contributed by atoms with van der Waals surface area (Å²) in [5, 5.41) is 14.0. The molecule has 0 amide bonds. The number of allylic oxidation sites excluding steroid dienone is 4. The van der Waals surface area contributed by atoms with Crippen molar-refractivity contribution in [2.75, 3.05) is 11.5 Å². The quantitative estimate of drug-likeness (QED) is 0.395.